The van der Waals surface area contributed by atoms with Crippen molar-refractivity contribution in [2.75, 3.05) is 40.4 Å². The maximum absolute atomic E-state index is 10.6. The smallest absolute Gasteiger partial charge is 0.131 e. The van der Waals surface area contributed by atoms with Gasteiger partial charge in [0.15, 0.2) is 0 Å². The fourth-order valence-electron chi connectivity index (χ4n) is 3.20. The van der Waals surface area contributed by atoms with Crippen molar-refractivity contribution < 1.29 is 14.6 Å². The number of phenolic OH excluding ortho intramolecular Hbond substituents is 1. The zero-order valence-electron chi connectivity index (χ0n) is 14.8. The second kappa shape index (κ2) is 8.41. The molecule has 0 spiro atoms. The Morgan fingerprint density at radius 2 is 1.83 bits per heavy atom. The minimum absolute atomic E-state index is 0.167. The number of hydrogen-bond acceptors (Lipinski definition) is 5. The Labute approximate surface area is 139 Å². The molecule has 130 valence electrons. The first-order valence-electron chi connectivity index (χ1n) is 8.46. The highest BCUT2D eigenvalue weighted by Crippen LogP contribution is 2.42. The molecule has 5 heteroatoms. The summed E-state index contributed by atoms with van der Waals surface area (Å²) >= 11 is 0. The van der Waals surface area contributed by atoms with Gasteiger partial charge in [-0.15, -0.1) is 0 Å². The first-order chi connectivity index (χ1) is 11.1. The number of nitrogens with one attached hydrogen (secondary N) is 1. The van der Waals surface area contributed by atoms with Crippen LogP contribution >= 0.6 is 0 Å². The average molecular weight is 322 g/mol. The lowest BCUT2D eigenvalue weighted by Crippen LogP contribution is -2.45. The number of nitrogens with zero attached hydrogens (tertiary/aromatic N) is 1. The number of hydrogen-bond donors (Lipinski definition) is 2. The molecule has 2 rings (SSSR count). The third-order valence-corrected chi connectivity index (χ3v) is 4.49. The largest absolute Gasteiger partial charge is 0.507 e. The lowest BCUT2D eigenvalue weighted by atomic mass is 9.94. The van der Waals surface area contributed by atoms with Crippen molar-refractivity contribution in [2.45, 2.75) is 32.7 Å². The van der Waals surface area contributed by atoms with Gasteiger partial charge in [0.2, 0.25) is 0 Å². The lowest BCUT2D eigenvalue weighted by molar-refractivity contribution is 0.154. The minimum Gasteiger partial charge on any atom is -0.507 e. The van der Waals surface area contributed by atoms with Crippen LogP contribution in [0.1, 0.15) is 38.3 Å². The average Bonchev–Trinajstić information content (AvgIpc) is 2.56. The van der Waals surface area contributed by atoms with E-state index >= 15 is 0 Å². The van der Waals surface area contributed by atoms with Gasteiger partial charge in [0, 0.05) is 44.4 Å². The standard InChI is InChI=1S/C18H30N2O3/c1-13(2)5-6-15(20-9-7-19-8-10-20)18-16(21)11-14(22-3)12-17(18)23-4/h11-13,15,19,21H,5-10H2,1-4H3/t15-/m0/s1. The Balaban J connectivity index is 2.36. The molecule has 0 aliphatic carbocycles. The third kappa shape index (κ3) is 4.52. The predicted octanol–water partition coefficient (Wildman–Crippen LogP) is 2.79. The van der Waals surface area contributed by atoms with E-state index < -0.39 is 0 Å². The summed E-state index contributed by atoms with van der Waals surface area (Å²) in [4.78, 5) is 2.45. The van der Waals surface area contributed by atoms with Crippen LogP contribution in [0.5, 0.6) is 17.2 Å². The summed E-state index contributed by atoms with van der Waals surface area (Å²) in [6.45, 7) is 8.41. The molecule has 1 aromatic carbocycles. The lowest BCUT2D eigenvalue weighted by Gasteiger charge is -2.36. The van der Waals surface area contributed by atoms with Crippen molar-refractivity contribution in [1.82, 2.24) is 10.2 Å². The van der Waals surface area contributed by atoms with Crippen molar-refractivity contribution in [1.29, 1.82) is 0 Å². The Morgan fingerprint density at radius 1 is 1.13 bits per heavy atom. The number of methoxy groups -OCH3 is 2. The molecule has 1 aromatic rings. The van der Waals surface area contributed by atoms with Gasteiger partial charge in [0.25, 0.3) is 0 Å². The van der Waals surface area contributed by atoms with Gasteiger partial charge in [-0.05, 0) is 18.8 Å². The van der Waals surface area contributed by atoms with Crippen LogP contribution in [0.25, 0.3) is 0 Å². The summed E-state index contributed by atoms with van der Waals surface area (Å²) < 4.78 is 10.8. The third-order valence-electron chi connectivity index (χ3n) is 4.49. The maximum Gasteiger partial charge on any atom is 0.131 e. The first-order valence-corrected chi connectivity index (χ1v) is 8.46. The van der Waals surface area contributed by atoms with Gasteiger partial charge >= 0.3 is 0 Å². The summed E-state index contributed by atoms with van der Waals surface area (Å²) in [5.74, 6) is 2.21. The van der Waals surface area contributed by atoms with E-state index in [1.165, 1.54) is 0 Å². The molecule has 0 radical (unpaired) electrons. The molecule has 0 aromatic heterocycles. The summed E-state index contributed by atoms with van der Waals surface area (Å²) in [5.41, 5.74) is 0.885. The van der Waals surface area contributed by atoms with E-state index in [2.05, 4.69) is 24.1 Å². The highest BCUT2D eigenvalue weighted by Gasteiger charge is 2.28. The van der Waals surface area contributed by atoms with E-state index in [1.807, 2.05) is 6.07 Å². The molecule has 1 heterocycles. The maximum atomic E-state index is 10.6. The van der Waals surface area contributed by atoms with Crippen LogP contribution < -0.4 is 14.8 Å². The van der Waals surface area contributed by atoms with Crippen LogP contribution in [0.4, 0.5) is 0 Å². The summed E-state index contributed by atoms with van der Waals surface area (Å²) in [6.07, 6.45) is 2.12. The van der Waals surface area contributed by atoms with Crippen LogP contribution in [0.2, 0.25) is 0 Å². The zero-order chi connectivity index (χ0) is 16.8. The molecule has 0 bridgehead atoms. The summed E-state index contributed by atoms with van der Waals surface area (Å²) in [6, 6.07) is 3.71. The van der Waals surface area contributed by atoms with Crippen LogP contribution in [0.3, 0.4) is 0 Å². The fraction of sp³-hybridized carbons (Fsp3) is 0.667. The van der Waals surface area contributed by atoms with E-state index in [-0.39, 0.29) is 11.8 Å². The van der Waals surface area contributed by atoms with Crippen LogP contribution in [-0.4, -0.2) is 50.4 Å². The molecule has 23 heavy (non-hydrogen) atoms. The van der Waals surface area contributed by atoms with Gasteiger partial charge < -0.3 is 19.9 Å². The Kier molecular flexibility index (Phi) is 6.54. The SMILES string of the molecule is COc1cc(O)c([C@H](CCC(C)C)N2CCNCC2)c(OC)c1. The van der Waals surface area contributed by atoms with E-state index in [9.17, 15) is 5.11 Å². The quantitative estimate of drug-likeness (QED) is 0.808. The van der Waals surface area contributed by atoms with Gasteiger partial charge in [-0.2, -0.15) is 0 Å². The Bertz CT molecular complexity index is 499. The second-order valence-electron chi connectivity index (χ2n) is 6.54. The number of aromatic hydroxyl groups is 1. The molecule has 1 saturated heterocycles. The Hall–Kier alpha value is -1.46. The van der Waals surface area contributed by atoms with Gasteiger partial charge in [0.05, 0.1) is 19.8 Å². The summed E-state index contributed by atoms with van der Waals surface area (Å²) in [7, 11) is 3.25. The molecule has 1 aliphatic heterocycles. The predicted molar refractivity (Wildman–Crippen MR) is 92.5 cm³/mol. The fourth-order valence-corrected chi connectivity index (χ4v) is 3.20. The Morgan fingerprint density at radius 3 is 2.39 bits per heavy atom. The highest BCUT2D eigenvalue weighted by molar-refractivity contribution is 5.51. The van der Waals surface area contributed by atoms with E-state index in [4.69, 9.17) is 9.47 Å². The van der Waals surface area contributed by atoms with Crippen LogP contribution in [-0.2, 0) is 0 Å². The highest BCUT2D eigenvalue weighted by atomic mass is 16.5. The number of phenols is 1. The number of rotatable bonds is 7. The molecule has 1 fully saturated rings. The van der Waals surface area contributed by atoms with Gasteiger partial charge in [-0.25, -0.2) is 0 Å². The van der Waals surface area contributed by atoms with Crippen LogP contribution in [0, 0.1) is 5.92 Å². The van der Waals surface area contributed by atoms with E-state index in [0.717, 1.165) is 44.6 Å². The molecule has 2 N–H and O–H groups in total. The summed E-state index contributed by atoms with van der Waals surface area (Å²) in [5, 5.41) is 14.0. The number of benzene rings is 1. The van der Waals surface area contributed by atoms with Crippen molar-refractivity contribution >= 4 is 0 Å². The van der Waals surface area contributed by atoms with Gasteiger partial charge in [-0.1, -0.05) is 13.8 Å². The molecular formula is C18H30N2O3. The monoisotopic (exact) mass is 322 g/mol. The first kappa shape index (κ1) is 17.9. The molecule has 1 aliphatic rings. The van der Waals surface area contributed by atoms with Crippen molar-refractivity contribution in [3.8, 4) is 17.2 Å². The van der Waals surface area contributed by atoms with Gasteiger partial charge in [-0.3, -0.25) is 4.90 Å². The van der Waals surface area contributed by atoms with Crippen molar-refractivity contribution in [2.24, 2.45) is 5.92 Å². The van der Waals surface area contributed by atoms with Gasteiger partial charge in [0.1, 0.15) is 17.2 Å². The topological polar surface area (TPSA) is 54.0 Å². The van der Waals surface area contributed by atoms with E-state index in [0.29, 0.717) is 17.4 Å². The zero-order valence-corrected chi connectivity index (χ0v) is 14.8. The molecular weight excluding hydrogens is 292 g/mol. The van der Waals surface area contributed by atoms with Crippen molar-refractivity contribution in [3.05, 3.63) is 17.7 Å². The second-order valence-corrected chi connectivity index (χ2v) is 6.54. The normalized spacial score (nSPS) is 17.3. The molecule has 0 unspecified atom stereocenters. The van der Waals surface area contributed by atoms with E-state index in [1.54, 1.807) is 20.3 Å². The van der Waals surface area contributed by atoms with Crippen LogP contribution in [0.15, 0.2) is 12.1 Å². The molecule has 0 saturated carbocycles. The number of piperazine rings is 1. The molecule has 0 amide bonds. The van der Waals surface area contributed by atoms with Crippen molar-refractivity contribution in [3.63, 3.8) is 0 Å². The minimum atomic E-state index is 0.167. The molecule has 5 nitrogen and oxygen atoms in total. The molecule has 1 atom stereocenters. The number of ether oxygens (including phenoxy) is 2.